The molecule has 0 unspecified atom stereocenters. The van der Waals surface area contributed by atoms with Gasteiger partial charge in [-0.05, 0) is 87.6 Å². The van der Waals surface area contributed by atoms with Crippen LogP contribution in [-0.4, -0.2) is 15.9 Å². The molecule has 217 valence electrons. The molecule has 6 rings (SSSR count). The van der Waals surface area contributed by atoms with Crippen LogP contribution in [0.25, 0.3) is 55.1 Å². The fourth-order valence-corrected chi connectivity index (χ4v) is 5.40. The van der Waals surface area contributed by atoms with Crippen LogP contribution < -0.4 is 0 Å². The van der Waals surface area contributed by atoms with Crippen LogP contribution >= 0.6 is 0 Å². The molecule has 43 heavy (non-hydrogen) atoms. The number of allylic oxidation sites excluding steroid dienone is 2. The Morgan fingerprint density at radius 3 is 2.16 bits per heavy atom. The first-order valence-electron chi connectivity index (χ1n) is 13.8. The van der Waals surface area contributed by atoms with Crippen molar-refractivity contribution in [3.05, 3.63) is 138 Å². The summed E-state index contributed by atoms with van der Waals surface area (Å²) in [6.45, 7) is 6.96. The van der Waals surface area contributed by atoms with E-state index in [4.69, 9.17) is 10.1 Å². The smallest absolute Gasteiger partial charge is 0.155 e. The van der Waals surface area contributed by atoms with Gasteiger partial charge in [0, 0.05) is 32.4 Å². The zero-order valence-electron chi connectivity index (χ0n) is 24.4. The number of hydrogen-bond acceptors (Lipinski definition) is 3. The van der Waals surface area contributed by atoms with Crippen LogP contribution in [0.5, 0.6) is 0 Å². The number of ketones is 1. The molecule has 0 spiro atoms. The van der Waals surface area contributed by atoms with Gasteiger partial charge in [-0.3, -0.25) is 4.79 Å². The minimum absolute atomic E-state index is 0. The van der Waals surface area contributed by atoms with Gasteiger partial charge in [0.1, 0.15) is 5.82 Å². The molecule has 0 bridgehead atoms. The number of rotatable bonds is 4. The molecule has 0 saturated heterocycles. The van der Waals surface area contributed by atoms with E-state index in [1.165, 1.54) is 19.9 Å². The van der Waals surface area contributed by atoms with Crippen molar-refractivity contribution in [3.63, 3.8) is 0 Å². The number of aliphatic hydroxyl groups is 1. The number of hydrogen-bond donors (Lipinski definition) is 1. The Morgan fingerprint density at radius 1 is 0.814 bits per heavy atom. The summed E-state index contributed by atoms with van der Waals surface area (Å²) >= 11 is 0. The van der Waals surface area contributed by atoms with Crippen molar-refractivity contribution in [1.29, 1.82) is 0 Å². The standard InChI is InChI=1S/C33H23FN.C5H8O2.Ir/c1-21-16-22(2)18-25(17-21)33-32-24(14-15-35-33)19-30(29-13-12-26(34)20-31(29)32)28-11-7-6-10-27(28)23-8-4-3-5-9-23;1-4(6)3-5(2)7;/h3-17,19-20H,1-2H3;3,6H,1-2H3;/q-1;;/b;4-3-;. The first kappa shape index (κ1) is 31.5. The second-order valence-electron chi connectivity index (χ2n) is 10.4. The molecule has 0 saturated carbocycles. The molecule has 1 aromatic heterocycles. The molecule has 0 aliphatic rings. The summed E-state index contributed by atoms with van der Waals surface area (Å²) in [5.41, 5.74) is 8.46. The van der Waals surface area contributed by atoms with Crippen LogP contribution in [-0.2, 0) is 24.9 Å². The van der Waals surface area contributed by atoms with E-state index in [-0.39, 0.29) is 37.5 Å². The number of benzene rings is 5. The Hall–Kier alpha value is -4.44. The van der Waals surface area contributed by atoms with Gasteiger partial charge in [-0.2, -0.15) is 0 Å². The third-order valence-electron chi connectivity index (χ3n) is 6.94. The summed E-state index contributed by atoms with van der Waals surface area (Å²) in [5, 5.41) is 12.2. The van der Waals surface area contributed by atoms with E-state index in [0.29, 0.717) is 0 Å². The topological polar surface area (TPSA) is 50.2 Å². The Kier molecular flexibility index (Phi) is 10.0. The van der Waals surface area contributed by atoms with E-state index < -0.39 is 0 Å². The van der Waals surface area contributed by atoms with Crippen LogP contribution in [0.1, 0.15) is 25.0 Å². The Labute approximate surface area is 265 Å². The van der Waals surface area contributed by atoms with Crippen molar-refractivity contribution in [2.45, 2.75) is 27.7 Å². The van der Waals surface area contributed by atoms with Crippen LogP contribution in [0.3, 0.4) is 0 Å². The molecular formula is C38H31FIrNO2-. The van der Waals surface area contributed by atoms with Crippen molar-refractivity contribution in [1.82, 2.24) is 4.98 Å². The molecule has 0 aliphatic carbocycles. The summed E-state index contributed by atoms with van der Waals surface area (Å²) in [5.74, 6) is -0.320. The number of aryl methyl sites for hydroxylation is 2. The van der Waals surface area contributed by atoms with Gasteiger partial charge in [0.25, 0.3) is 0 Å². The summed E-state index contributed by atoms with van der Waals surface area (Å²) in [7, 11) is 0. The van der Waals surface area contributed by atoms with Crippen molar-refractivity contribution >= 4 is 27.3 Å². The normalized spacial score (nSPS) is 11.0. The summed E-state index contributed by atoms with van der Waals surface area (Å²) in [6, 6.07) is 35.8. The maximum Gasteiger partial charge on any atom is 0.155 e. The van der Waals surface area contributed by atoms with Gasteiger partial charge in [0.2, 0.25) is 0 Å². The zero-order valence-corrected chi connectivity index (χ0v) is 26.8. The fourth-order valence-electron chi connectivity index (χ4n) is 5.40. The first-order chi connectivity index (χ1) is 20.2. The molecule has 0 atom stereocenters. The first-order valence-corrected chi connectivity index (χ1v) is 13.8. The molecule has 6 aromatic rings. The van der Waals surface area contributed by atoms with Gasteiger partial charge >= 0.3 is 0 Å². The Bertz CT molecular complexity index is 1940. The minimum atomic E-state index is -0.258. The van der Waals surface area contributed by atoms with Crippen molar-refractivity contribution in [3.8, 4) is 33.5 Å². The fraction of sp³-hybridized carbons (Fsp3) is 0.105. The van der Waals surface area contributed by atoms with Gasteiger partial charge < -0.3 is 10.1 Å². The van der Waals surface area contributed by atoms with E-state index in [9.17, 15) is 9.18 Å². The van der Waals surface area contributed by atoms with Gasteiger partial charge in [-0.25, -0.2) is 4.39 Å². The van der Waals surface area contributed by atoms with Gasteiger partial charge in [-0.1, -0.05) is 74.5 Å². The summed E-state index contributed by atoms with van der Waals surface area (Å²) in [4.78, 5) is 14.8. The van der Waals surface area contributed by atoms with Crippen LogP contribution in [0.15, 0.2) is 115 Å². The SMILES string of the molecule is CC(=O)/C=C(/C)O.Cc1[c-]c(-c2nccc3cc(-c4ccccc4-c4ccccc4)c4ccc(F)cc4c23)cc(C)c1.[Ir]. The summed E-state index contributed by atoms with van der Waals surface area (Å²) in [6.07, 6.45) is 3.00. The number of nitrogens with zero attached hydrogens (tertiary/aromatic N) is 1. The molecule has 5 aromatic carbocycles. The van der Waals surface area contributed by atoms with Gasteiger partial charge in [0.15, 0.2) is 5.78 Å². The molecule has 0 fully saturated rings. The molecule has 5 heteroatoms. The molecule has 1 N–H and O–H groups in total. The van der Waals surface area contributed by atoms with Gasteiger partial charge in [-0.15, -0.1) is 34.9 Å². The molecule has 3 nitrogen and oxygen atoms in total. The number of aromatic nitrogens is 1. The Balaban J connectivity index is 0.000000475. The van der Waals surface area contributed by atoms with Crippen molar-refractivity contribution in [2.24, 2.45) is 0 Å². The van der Waals surface area contributed by atoms with Crippen molar-refractivity contribution < 1.29 is 34.4 Å². The maximum absolute atomic E-state index is 14.7. The van der Waals surface area contributed by atoms with Crippen LogP contribution in [0.2, 0.25) is 0 Å². The predicted octanol–water partition coefficient (Wildman–Crippen LogP) is 9.98. The third-order valence-corrected chi connectivity index (χ3v) is 6.94. The zero-order chi connectivity index (χ0) is 29.8. The minimum Gasteiger partial charge on any atom is -0.512 e. The second-order valence-corrected chi connectivity index (χ2v) is 10.4. The van der Waals surface area contributed by atoms with Gasteiger partial charge in [0.05, 0.1) is 5.76 Å². The number of fused-ring (bicyclic) bond motifs is 3. The number of halogens is 1. The predicted molar refractivity (Wildman–Crippen MR) is 171 cm³/mol. The van der Waals surface area contributed by atoms with E-state index in [2.05, 4.69) is 79.7 Å². The quantitative estimate of drug-likeness (QED) is 0.0847. The number of pyridine rings is 1. The average Bonchev–Trinajstić information content (AvgIpc) is 2.96. The van der Waals surface area contributed by atoms with Crippen LogP contribution in [0.4, 0.5) is 4.39 Å². The monoisotopic (exact) mass is 745 g/mol. The number of carbonyl (C=O) groups excluding carboxylic acids is 1. The van der Waals surface area contributed by atoms with E-state index in [0.717, 1.165) is 66.2 Å². The van der Waals surface area contributed by atoms with Crippen molar-refractivity contribution in [2.75, 3.05) is 0 Å². The molecule has 1 heterocycles. The molecule has 0 aliphatic heterocycles. The third kappa shape index (κ3) is 7.14. The largest absolute Gasteiger partial charge is 0.512 e. The molecular weight excluding hydrogens is 714 g/mol. The van der Waals surface area contributed by atoms with E-state index >= 15 is 0 Å². The molecule has 0 amide bonds. The average molecular weight is 745 g/mol. The maximum atomic E-state index is 14.7. The number of aliphatic hydroxyl groups excluding tert-OH is 1. The van der Waals surface area contributed by atoms with E-state index in [1.54, 1.807) is 12.1 Å². The van der Waals surface area contributed by atoms with E-state index in [1.807, 2.05) is 31.3 Å². The Morgan fingerprint density at radius 2 is 1.51 bits per heavy atom. The molecule has 1 radical (unpaired) electrons. The second kappa shape index (κ2) is 13.7. The van der Waals surface area contributed by atoms with Crippen LogP contribution in [0, 0.1) is 25.7 Å². The summed E-state index contributed by atoms with van der Waals surface area (Å²) < 4.78 is 14.7. The number of carbonyl (C=O) groups is 1.